The van der Waals surface area contributed by atoms with Crippen molar-refractivity contribution >= 4 is 5.97 Å². The van der Waals surface area contributed by atoms with Gasteiger partial charge < -0.3 is 14.6 Å². The van der Waals surface area contributed by atoms with E-state index >= 15 is 0 Å². The van der Waals surface area contributed by atoms with Crippen LogP contribution in [0.3, 0.4) is 0 Å². The molecule has 1 N–H and O–H groups in total. The molecule has 2 aromatic carbocycles. The number of rotatable bonds is 9. The molecule has 0 fully saturated rings. The normalized spacial score (nSPS) is 12.9. The van der Waals surface area contributed by atoms with E-state index in [0.29, 0.717) is 25.0 Å². The molecule has 2 rings (SSSR count). The average Bonchev–Trinajstić information content (AvgIpc) is 2.66. The first-order valence-electron chi connectivity index (χ1n) is 8.64. The summed E-state index contributed by atoms with van der Waals surface area (Å²) in [4.78, 5) is 11.5. The number of esters is 1. The second kappa shape index (κ2) is 9.20. The first kappa shape index (κ1) is 19.7. The Labute approximate surface area is 155 Å². The van der Waals surface area contributed by atoms with Crippen LogP contribution in [-0.2, 0) is 22.6 Å². The van der Waals surface area contributed by atoms with E-state index in [0.717, 1.165) is 16.9 Å². The molecule has 1 unspecified atom stereocenters. The molecule has 0 saturated heterocycles. The smallest absolute Gasteiger partial charge is 0.308 e. The molecule has 138 valence electrons. The van der Waals surface area contributed by atoms with Crippen LogP contribution in [0.25, 0.3) is 0 Å². The zero-order valence-corrected chi connectivity index (χ0v) is 15.4. The van der Waals surface area contributed by atoms with Gasteiger partial charge in [-0.25, -0.2) is 0 Å². The van der Waals surface area contributed by atoms with Crippen molar-refractivity contribution in [2.75, 3.05) is 7.11 Å². The molecule has 1 atom stereocenters. The summed E-state index contributed by atoms with van der Waals surface area (Å²) in [5.74, 6) is 0.350. The summed E-state index contributed by atoms with van der Waals surface area (Å²) < 4.78 is 10.4. The topological polar surface area (TPSA) is 55.8 Å². The van der Waals surface area contributed by atoms with E-state index < -0.39 is 11.6 Å². The largest absolute Gasteiger partial charge is 0.489 e. The van der Waals surface area contributed by atoms with Crippen LogP contribution in [-0.4, -0.2) is 23.8 Å². The highest BCUT2D eigenvalue weighted by Crippen LogP contribution is 2.27. The van der Waals surface area contributed by atoms with Crippen LogP contribution < -0.4 is 4.74 Å². The Morgan fingerprint density at radius 1 is 1.08 bits per heavy atom. The fourth-order valence-corrected chi connectivity index (χ4v) is 2.61. The number of hydrogen-bond acceptors (Lipinski definition) is 4. The SMILES string of the molecule is C=C(C)C(O)(CCc1ccc(OCc2ccccc2)cc1)CC(=O)OC. The van der Waals surface area contributed by atoms with Gasteiger partial charge in [0.2, 0.25) is 0 Å². The molecule has 2 aromatic rings. The van der Waals surface area contributed by atoms with Gasteiger partial charge in [-0.3, -0.25) is 4.79 Å². The minimum absolute atomic E-state index is 0.0862. The summed E-state index contributed by atoms with van der Waals surface area (Å²) in [6, 6.07) is 17.8. The van der Waals surface area contributed by atoms with Crippen molar-refractivity contribution in [1.82, 2.24) is 0 Å². The minimum Gasteiger partial charge on any atom is -0.489 e. The van der Waals surface area contributed by atoms with E-state index in [-0.39, 0.29) is 6.42 Å². The van der Waals surface area contributed by atoms with Gasteiger partial charge in [0.1, 0.15) is 12.4 Å². The first-order valence-corrected chi connectivity index (χ1v) is 8.64. The maximum Gasteiger partial charge on any atom is 0.308 e. The van der Waals surface area contributed by atoms with E-state index in [9.17, 15) is 9.90 Å². The van der Waals surface area contributed by atoms with E-state index in [1.807, 2.05) is 54.6 Å². The van der Waals surface area contributed by atoms with E-state index in [1.54, 1.807) is 6.92 Å². The van der Waals surface area contributed by atoms with E-state index in [2.05, 4.69) is 11.3 Å². The Morgan fingerprint density at radius 3 is 2.31 bits per heavy atom. The lowest BCUT2D eigenvalue weighted by molar-refractivity contribution is -0.145. The van der Waals surface area contributed by atoms with E-state index in [4.69, 9.17) is 4.74 Å². The van der Waals surface area contributed by atoms with Crippen LogP contribution in [0.4, 0.5) is 0 Å². The molecule has 4 nitrogen and oxygen atoms in total. The van der Waals surface area contributed by atoms with Crippen LogP contribution in [0.1, 0.15) is 30.9 Å². The molecule has 4 heteroatoms. The van der Waals surface area contributed by atoms with Crippen molar-refractivity contribution < 1.29 is 19.4 Å². The number of carbonyl (C=O) groups is 1. The number of aryl methyl sites for hydroxylation is 1. The highest BCUT2D eigenvalue weighted by atomic mass is 16.5. The maximum absolute atomic E-state index is 11.5. The number of ether oxygens (including phenoxy) is 2. The molecule has 0 aromatic heterocycles. The van der Waals surface area contributed by atoms with Crippen molar-refractivity contribution in [3.63, 3.8) is 0 Å². The standard InChI is InChI=1S/C22H26O4/c1-17(2)22(24,15-21(23)25-3)14-13-18-9-11-20(12-10-18)26-16-19-7-5-4-6-8-19/h4-12,24H,1,13-16H2,2-3H3. The summed E-state index contributed by atoms with van der Waals surface area (Å²) in [6.07, 6.45) is 0.943. The fraction of sp³-hybridized carbons (Fsp3) is 0.318. The highest BCUT2D eigenvalue weighted by Gasteiger charge is 2.31. The second-order valence-electron chi connectivity index (χ2n) is 6.48. The van der Waals surface area contributed by atoms with Gasteiger partial charge in [-0.15, -0.1) is 0 Å². The monoisotopic (exact) mass is 354 g/mol. The molecule has 0 aliphatic heterocycles. The molecule has 0 aliphatic rings. The molecular formula is C22H26O4. The number of carbonyl (C=O) groups excluding carboxylic acids is 1. The molecular weight excluding hydrogens is 328 g/mol. The molecule has 0 aliphatic carbocycles. The molecule has 0 heterocycles. The Morgan fingerprint density at radius 2 is 1.73 bits per heavy atom. The van der Waals surface area contributed by atoms with Crippen molar-refractivity contribution in [1.29, 1.82) is 0 Å². The van der Waals surface area contributed by atoms with E-state index in [1.165, 1.54) is 7.11 Å². The Hall–Kier alpha value is -2.59. The number of methoxy groups -OCH3 is 1. The Kier molecular flexibility index (Phi) is 6.98. The summed E-state index contributed by atoms with van der Waals surface area (Å²) in [5, 5.41) is 10.7. The third kappa shape index (κ3) is 5.74. The summed E-state index contributed by atoms with van der Waals surface area (Å²) in [6.45, 7) is 6.06. The number of hydrogen-bond donors (Lipinski definition) is 1. The Balaban J connectivity index is 1.91. The zero-order valence-electron chi connectivity index (χ0n) is 15.4. The van der Waals surface area contributed by atoms with Gasteiger partial charge >= 0.3 is 5.97 Å². The van der Waals surface area contributed by atoms with Crippen LogP contribution in [0.2, 0.25) is 0 Å². The third-order valence-electron chi connectivity index (χ3n) is 4.46. The summed E-state index contributed by atoms with van der Waals surface area (Å²) >= 11 is 0. The van der Waals surface area contributed by atoms with Crippen molar-refractivity contribution in [3.05, 3.63) is 77.9 Å². The van der Waals surface area contributed by atoms with Crippen molar-refractivity contribution in [2.45, 2.75) is 38.4 Å². The van der Waals surface area contributed by atoms with Crippen LogP contribution in [0.15, 0.2) is 66.7 Å². The lowest BCUT2D eigenvalue weighted by atomic mass is 9.86. The number of benzene rings is 2. The van der Waals surface area contributed by atoms with Gasteiger partial charge in [0.25, 0.3) is 0 Å². The van der Waals surface area contributed by atoms with Crippen molar-refractivity contribution in [3.8, 4) is 5.75 Å². The van der Waals surface area contributed by atoms with Crippen molar-refractivity contribution in [2.24, 2.45) is 0 Å². The van der Waals surface area contributed by atoms with Gasteiger partial charge in [-0.2, -0.15) is 0 Å². The predicted octanol–water partition coefficient (Wildman–Crippen LogP) is 4.07. The zero-order chi connectivity index (χ0) is 19.0. The Bertz CT molecular complexity index is 722. The predicted molar refractivity (Wildman–Crippen MR) is 102 cm³/mol. The lowest BCUT2D eigenvalue weighted by Crippen LogP contribution is -2.34. The highest BCUT2D eigenvalue weighted by molar-refractivity contribution is 5.71. The summed E-state index contributed by atoms with van der Waals surface area (Å²) in [7, 11) is 1.31. The molecule has 0 bridgehead atoms. The van der Waals surface area contributed by atoms with Gasteiger partial charge in [0.15, 0.2) is 0 Å². The molecule has 0 saturated carbocycles. The number of aliphatic hydroxyl groups is 1. The quantitative estimate of drug-likeness (QED) is 0.545. The van der Waals surface area contributed by atoms with Gasteiger partial charge in [-0.1, -0.05) is 49.0 Å². The second-order valence-corrected chi connectivity index (χ2v) is 6.48. The molecule has 26 heavy (non-hydrogen) atoms. The van der Waals surface area contributed by atoms with Crippen LogP contribution >= 0.6 is 0 Å². The lowest BCUT2D eigenvalue weighted by Gasteiger charge is -2.27. The van der Waals surface area contributed by atoms with Crippen LogP contribution in [0, 0.1) is 0 Å². The third-order valence-corrected chi connectivity index (χ3v) is 4.46. The van der Waals surface area contributed by atoms with Crippen LogP contribution in [0.5, 0.6) is 5.75 Å². The van der Waals surface area contributed by atoms with Gasteiger partial charge in [-0.05, 0) is 48.6 Å². The minimum atomic E-state index is -1.25. The summed E-state index contributed by atoms with van der Waals surface area (Å²) in [5.41, 5.74) is 1.48. The molecule has 0 spiro atoms. The van der Waals surface area contributed by atoms with Gasteiger partial charge in [0, 0.05) is 0 Å². The molecule has 0 amide bonds. The molecule has 0 radical (unpaired) electrons. The average molecular weight is 354 g/mol. The first-order chi connectivity index (χ1) is 12.4. The fourth-order valence-electron chi connectivity index (χ4n) is 2.61. The maximum atomic E-state index is 11.5. The van der Waals surface area contributed by atoms with Gasteiger partial charge in [0.05, 0.1) is 19.1 Å².